The van der Waals surface area contributed by atoms with E-state index in [9.17, 15) is 13.2 Å². The van der Waals surface area contributed by atoms with Gasteiger partial charge < -0.3 is 10.1 Å². The molecule has 0 atom stereocenters. The van der Waals surface area contributed by atoms with Gasteiger partial charge in [0.25, 0.3) is 0 Å². The summed E-state index contributed by atoms with van der Waals surface area (Å²) in [5, 5.41) is 3.10. The van der Waals surface area contributed by atoms with Gasteiger partial charge in [0.2, 0.25) is 0 Å². The Bertz CT molecular complexity index is 441. The highest BCUT2D eigenvalue weighted by atomic mass is 35.5. The lowest BCUT2D eigenvalue weighted by Gasteiger charge is -2.26. The molecule has 0 amide bonds. The number of benzene rings is 1. The van der Waals surface area contributed by atoms with Crippen LogP contribution in [0.3, 0.4) is 0 Å². The van der Waals surface area contributed by atoms with Crippen molar-refractivity contribution in [3.05, 3.63) is 35.4 Å². The fraction of sp³-hybridized carbons (Fsp3) is 0.600. The average Bonchev–Trinajstić information content (AvgIpc) is 2.47. The molecule has 1 aromatic rings. The second-order valence-corrected chi connectivity index (χ2v) is 5.14. The number of hydrogen-bond donors (Lipinski definition) is 1. The van der Waals surface area contributed by atoms with Crippen LogP contribution in [-0.4, -0.2) is 44.3 Å². The Morgan fingerprint density at radius 1 is 1.09 bits per heavy atom. The van der Waals surface area contributed by atoms with E-state index in [1.165, 1.54) is 12.1 Å². The summed E-state index contributed by atoms with van der Waals surface area (Å²) >= 11 is 0. The van der Waals surface area contributed by atoms with Crippen LogP contribution in [0.4, 0.5) is 13.2 Å². The van der Waals surface area contributed by atoms with Crippen LogP contribution < -0.4 is 5.32 Å². The summed E-state index contributed by atoms with van der Waals surface area (Å²) in [6.07, 6.45) is -3.36. The molecule has 0 radical (unpaired) electrons. The fourth-order valence-corrected chi connectivity index (χ4v) is 2.43. The Hall–Kier alpha value is -0.530. The van der Waals surface area contributed by atoms with Crippen molar-refractivity contribution in [1.82, 2.24) is 10.2 Å². The van der Waals surface area contributed by atoms with Crippen LogP contribution in [0.15, 0.2) is 24.3 Å². The normalized spacial score (nSPS) is 15.6. The van der Waals surface area contributed by atoms with Gasteiger partial charge in [0.15, 0.2) is 0 Å². The minimum Gasteiger partial charge on any atom is -0.379 e. The predicted molar refractivity (Wildman–Crippen MR) is 89.5 cm³/mol. The monoisotopic (exact) mass is 374 g/mol. The molecule has 0 spiro atoms. The molecule has 8 heteroatoms. The molecule has 1 aliphatic heterocycles. The molecule has 1 N–H and O–H groups in total. The van der Waals surface area contributed by atoms with Crippen LogP contribution in [0.5, 0.6) is 0 Å². The first-order valence-electron chi connectivity index (χ1n) is 7.23. The molecule has 1 aliphatic rings. The van der Waals surface area contributed by atoms with Crippen molar-refractivity contribution in [1.29, 1.82) is 0 Å². The highest BCUT2D eigenvalue weighted by molar-refractivity contribution is 5.85. The van der Waals surface area contributed by atoms with Crippen molar-refractivity contribution in [2.24, 2.45) is 0 Å². The highest BCUT2D eigenvalue weighted by Crippen LogP contribution is 2.31. The second kappa shape index (κ2) is 11.1. The molecule has 0 aromatic heterocycles. The predicted octanol–water partition coefficient (Wildman–Crippen LogP) is 3.36. The summed E-state index contributed by atoms with van der Waals surface area (Å²) in [6, 6.07) is 5.72. The molecule has 0 bridgehead atoms. The van der Waals surface area contributed by atoms with Crippen molar-refractivity contribution in [2.75, 3.05) is 39.4 Å². The number of ether oxygens (including phenoxy) is 1. The third-order valence-corrected chi connectivity index (χ3v) is 3.57. The highest BCUT2D eigenvalue weighted by Gasteiger charge is 2.32. The summed E-state index contributed by atoms with van der Waals surface area (Å²) in [5.74, 6) is 0. The average molecular weight is 375 g/mol. The molecule has 3 nitrogen and oxygen atoms in total. The van der Waals surface area contributed by atoms with E-state index in [-0.39, 0.29) is 31.4 Å². The quantitative estimate of drug-likeness (QED) is 0.772. The number of nitrogens with one attached hydrogen (secondary N) is 1. The first-order chi connectivity index (χ1) is 10.1. The van der Waals surface area contributed by atoms with Crippen molar-refractivity contribution in [3.63, 3.8) is 0 Å². The third-order valence-electron chi connectivity index (χ3n) is 3.57. The van der Waals surface area contributed by atoms with Gasteiger partial charge in [-0.15, -0.1) is 24.8 Å². The summed E-state index contributed by atoms with van der Waals surface area (Å²) < 4.78 is 43.7. The summed E-state index contributed by atoms with van der Waals surface area (Å²) in [4.78, 5) is 2.31. The van der Waals surface area contributed by atoms with Gasteiger partial charge in [-0.25, -0.2) is 0 Å². The smallest absolute Gasteiger partial charge is 0.379 e. The Morgan fingerprint density at radius 2 is 1.74 bits per heavy atom. The lowest BCUT2D eigenvalue weighted by Crippen LogP contribution is -2.37. The minimum atomic E-state index is -4.29. The van der Waals surface area contributed by atoms with Gasteiger partial charge >= 0.3 is 6.18 Å². The number of halogens is 5. The maximum Gasteiger partial charge on any atom is 0.416 e. The maximum absolute atomic E-state index is 12.8. The van der Waals surface area contributed by atoms with E-state index >= 15 is 0 Å². The van der Waals surface area contributed by atoms with Crippen LogP contribution in [0.25, 0.3) is 0 Å². The molecular formula is C15H23Cl2F3N2O. The van der Waals surface area contributed by atoms with Gasteiger partial charge in [-0.3, -0.25) is 4.90 Å². The Morgan fingerprint density at radius 3 is 2.39 bits per heavy atom. The van der Waals surface area contributed by atoms with E-state index in [4.69, 9.17) is 4.74 Å². The first-order valence-corrected chi connectivity index (χ1v) is 7.23. The van der Waals surface area contributed by atoms with Gasteiger partial charge in [-0.1, -0.05) is 18.2 Å². The lowest BCUT2D eigenvalue weighted by atomic mass is 10.1. The van der Waals surface area contributed by atoms with E-state index in [0.717, 1.165) is 45.3 Å². The summed E-state index contributed by atoms with van der Waals surface area (Å²) in [7, 11) is 0. The zero-order valence-electron chi connectivity index (χ0n) is 12.8. The van der Waals surface area contributed by atoms with Gasteiger partial charge in [0.1, 0.15) is 0 Å². The van der Waals surface area contributed by atoms with Crippen molar-refractivity contribution >= 4 is 24.8 Å². The summed E-state index contributed by atoms with van der Waals surface area (Å²) in [6.45, 7) is 5.34. The Labute approximate surface area is 147 Å². The summed E-state index contributed by atoms with van der Waals surface area (Å²) in [5.41, 5.74) is -0.248. The van der Waals surface area contributed by atoms with Gasteiger partial charge in [-0.2, -0.15) is 13.2 Å². The van der Waals surface area contributed by atoms with Crippen LogP contribution in [0.1, 0.15) is 17.5 Å². The van der Waals surface area contributed by atoms with E-state index in [1.54, 1.807) is 6.07 Å². The molecule has 0 saturated carbocycles. The number of nitrogens with zero attached hydrogens (tertiary/aromatic N) is 1. The van der Waals surface area contributed by atoms with Crippen LogP contribution in [-0.2, 0) is 17.5 Å². The number of rotatable bonds is 6. The molecule has 0 unspecified atom stereocenters. The standard InChI is InChI=1S/C15H21F3N2O.2ClH/c16-15(17,18)14-5-2-1-4-13(14)12-19-6-3-7-20-8-10-21-11-9-20;;/h1-2,4-5,19H,3,6-12H2;2*1H. The molecule has 1 fully saturated rings. The van der Waals surface area contributed by atoms with Crippen LogP contribution in [0, 0.1) is 0 Å². The number of alkyl halides is 3. The van der Waals surface area contributed by atoms with E-state index in [0.29, 0.717) is 12.1 Å². The molecule has 23 heavy (non-hydrogen) atoms. The van der Waals surface area contributed by atoms with Gasteiger partial charge in [-0.05, 0) is 31.1 Å². The Balaban J connectivity index is 0.00000242. The van der Waals surface area contributed by atoms with Crippen molar-refractivity contribution in [3.8, 4) is 0 Å². The number of morpholine rings is 1. The van der Waals surface area contributed by atoms with Crippen molar-refractivity contribution in [2.45, 2.75) is 19.1 Å². The van der Waals surface area contributed by atoms with Gasteiger partial charge in [0.05, 0.1) is 18.8 Å². The topological polar surface area (TPSA) is 24.5 Å². The van der Waals surface area contributed by atoms with E-state index < -0.39 is 11.7 Å². The molecule has 2 rings (SSSR count). The first kappa shape index (κ1) is 22.5. The fourth-order valence-electron chi connectivity index (χ4n) is 2.43. The molecular weight excluding hydrogens is 352 g/mol. The minimum absolute atomic E-state index is 0. The van der Waals surface area contributed by atoms with Crippen LogP contribution in [0.2, 0.25) is 0 Å². The molecule has 1 heterocycles. The van der Waals surface area contributed by atoms with Crippen LogP contribution >= 0.6 is 24.8 Å². The molecule has 0 aliphatic carbocycles. The second-order valence-electron chi connectivity index (χ2n) is 5.14. The zero-order chi connectivity index (χ0) is 15.1. The third kappa shape index (κ3) is 7.72. The van der Waals surface area contributed by atoms with E-state index in [2.05, 4.69) is 10.2 Å². The SMILES string of the molecule is Cl.Cl.FC(F)(F)c1ccccc1CNCCCN1CCOCC1. The largest absolute Gasteiger partial charge is 0.416 e. The van der Waals surface area contributed by atoms with Gasteiger partial charge in [0, 0.05) is 19.6 Å². The number of hydrogen-bond acceptors (Lipinski definition) is 3. The Kier molecular flexibility index (Phi) is 10.8. The molecule has 1 aromatic carbocycles. The van der Waals surface area contributed by atoms with Crippen molar-refractivity contribution < 1.29 is 17.9 Å². The maximum atomic E-state index is 12.8. The van der Waals surface area contributed by atoms with E-state index in [1.807, 2.05) is 0 Å². The molecule has 1 saturated heterocycles. The lowest BCUT2D eigenvalue weighted by molar-refractivity contribution is -0.138. The zero-order valence-corrected chi connectivity index (χ0v) is 14.4. The molecule has 134 valence electrons.